The second-order valence-electron chi connectivity index (χ2n) is 5.66. The van der Waals surface area contributed by atoms with Crippen LogP contribution in [0.1, 0.15) is 33.6 Å². The molecule has 0 saturated heterocycles. The number of anilines is 1. The summed E-state index contributed by atoms with van der Waals surface area (Å²) in [4.78, 5) is 0. The average molecular weight is 291 g/mol. The Morgan fingerprint density at radius 2 is 1.91 bits per heavy atom. The molecule has 2 rings (SSSR count). The van der Waals surface area contributed by atoms with Gasteiger partial charge in [-0.05, 0) is 68.5 Å². The van der Waals surface area contributed by atoms with E-state index in [-0.39, 0.29) is 0 Å². The number of nitrogens with one attached hydrogen (secondary N) is 1. The quantitative estimate of drug-likeness (QED) is 0.639. The second kappa shape index (κ2) is 7.65. The molecule has 0 spiro atoms. The van der Waals surface area contributed by atoms with Gasteiger partial charge in [0.05, 0.1) is 0 Å². The molecular formula is C21H25N. The Balaban J connectivity index is 2.36. The van der Waals surface area contributed by atoms with Gasteiger partial charge in [0, 0.05) is 11.4 Å². The summed E-state index contributed by atoms with van der Waals surface area (Å²) in [5, 5.41) is 3.54. The third-order valence-corrected chi connectivity index (χ3v) is 3.98. The molecule has 0 heterocycles. The maximum Gasteiger partial charge on any atom is 0.0381 e. The monoisotopic (exact) mass is 291 g/mol. The normalized spacial score (nSPS) is 16.4. The predicted octanol–water partition coefficient (Wildman–Crippen LogP) is 6.17. The molecule has 0 aliphatic heterocycles. The molecule has 0 radical (unpaired) electrons. The van der Waals surface area contributed by atoms with E-state index in [1.54, 1.807) is 0 Å². The molecule has 0 unspecified atom stereocenters. The van der Waals surface area contributed by atoms with Crippen LogP contribution in [0.3, 0.4) is 0 Å². The Labute approximate surface area is 134 Å². The first-order chi connectivity index (χ1) is 10.7. The van der Waals surface area contributed by atoms with E-state index in [4.69, 9.17) is 0 Å². The lowest BCUT2D eigenvalue weighted by Gasteiger charge is -2.21. The highest BCUT2D eigenvalue weighted by Gasteiger charge is 2.14. The van der Waals surface area contributed by atoms with Crippen LogP contribution in [0, 0.1) is 0 Å². The number of hydrogen-bond acceptors (Lipinski definition) is 1. The molecule has 114 valence electrons. The number of para-hydroxylation sites is 1. The van der Waals surface area contributed by atoms with Crippen molar-refractivity contribution in [2.45, 2.75) is 33.6 Å². The van der Waals surface area contributed by atoms with Gasteiger partial charge in [-0.25, -0.2) is 0 Å². The smallest absolute Gasteiger partial charge is 0.0381 e. The maximum atomic E-state index is 3.92. The molecule has 1 aromatic carbocycles. The van der Waals surface area contributed by atoms with Gasteiger partial charge >= 0.3 is 0 Å². The molecule has 0 amide bonds. The van der Waals surface area contributed by atoms with Gasteiger partial charge in [0.2, 0.25) is 0 Å². The molecule has 0 bridgehead atoms. The third-order valence-electron chi connectivity index (χ3n) is 3.98. The number of allylic oxidation sites excluding steroid dienone is 9. The Bertz CT molecular complexity index is 654. The topological polar surface area (TPSA) is 12.0 Å². The zero-order chi connectivity index (χ0) is 15.9. The van der Waals surface area contributed by atoms with Crippen molar-refractivity contribution in [1.82, 2.24) is 0 Å². The molecule has 1 heteroatoms. The van der Waals surface area contributed by atoms with E-state index >= 15 is 0 Å². The van der Waals surface area contributed by atoms with Gasteiger partial charge in [-0.1, -0.05) is 48.6 Å². The number of rotatable bonds is 5. The van der Waals surface area contributed by atoms with E-state index in [9.17, 15) is 0 Å². The number of hydrogen-bond donors (Lipinski definition) is 1. The van der Waals surface area contributed by atoms with Crippen LogP contribution < -0.4 is 5.32 Å². The fraction of sp³-hybridized carbons (Fsp3) is 0.238. The lowest BCUT2D eigenvalue weighted by atomic mass is 9.89. The molecule has 0 aromatic heterocycles. The third kappa shape index (κ3) is 3.88. The van der Waals surface area contributed by atoms with Crippen molar-refractivity contribution in [2.75, 3.05) is 5.32 Å². The van der Waals surface area contributed by atoms with Crippen LogP contribution in [-0.4, -0.2) is 0 Å². The zero-order valence-electron chi connectivity index (χ0n) is 13.8. The molecule has 0 saturated carbocycles. The SMILES string of the molecule is C=C/C(C)=C(\C=C/C)C1=C(C)CCC(Nc2ccccc2)=C1. The van der Waals surface area contributed by atoms with E-state index in [1.807, 2.05) is 12.1 Å². The molecule has 1 nitrogen and oxygen atoms in total. The average Bonchev–Trinajstić information content (AvgIpc) is 2.55. The Kier molecular flexibility index (Phi) is 5.60. The summed E-state index contributed by atoms with van der Waals surface area (Å²) < 4.78 is 0. The summed E-state index contributed by atoms with van der Waals surface area (Å²) >= 11 is 0. The summed E-state index contributed by atoms with van der Waals surface area (Å²) in [6.45, 7) is 10.3. The minimum Gasteiger partial charge on any atom is -0.359 e. The van der Waals surface area contributed by atoms with Gasteiger partial charge in [0.15, 0.2) is 0 Å². The van der Waals surface area contributed by atoms with E-state index in [2.05, 4.69) is 75.2 Å². The van der Waals surface area contributed by atoms with Gasteiger partial charge < -0.3 is 5.32 Å². The lowest BCUT2D eigenvalue weighted by Crippen LogP contribution is -2.07. The highest BCUT2D eigenvalue weighted by molar-refractivity contribution is 5.58. The van der Waals surface area contributed by atoms with Crippen LogP contribution in [0.15, 0.2) is 89.2 Å². The van der Waals surface area contributed by atoms with Gasteiger partial charge in [-0.2, -0.15) is 0 Å². The standard InChI is InChI=1S/C21H25N/c1-5-10-20(16(3)6-2)21-15-19(14-13-17(21)4)22-18-11-8-7-9-12-18/h5-12,15,22H,2,13-14H2,1,3-4H3/b10-5-,20-16+. The fourth-order valence-electron chi connectivity index (χ4n) is 2.65. The largest absolute Gasteiger partial charge is 0.359 e. The minimum absolute atomic E-state index is 1.06. The van der Waals surface area contributed by atoms with Crippen molar-refractivity contribution >= 4 is 5.69 Å². The Morgan fingerprint density at radius 1 is 1.18 bits per heavy atom. The summed E-state index contributed by atoms with van der Waals surface area (Å²) in [5.41, 5.74) is 7.65. The molecule has 1 aliphatic rings. The summed E-state index contributed by atoms with van der Waals surface area (Å²) in [6.07, 6.45) is 10.6. The second-order valence-corrected chi connectivity index (χ2v) is 5.66. The van der Waals surface area contributed by atoms with Crippen molar-refractivity contribution in [1.29, 1.82) is 0 Å². The first kappa shape index (κ1) is 16.1. The Hall–Kier alpha value is -2.28. The number of benzene rings is 1. The van der Waals surface area contributed by atoms with Gasteiger partial charge in [0.25, 0.3) is 0 Å². The van der Waals surface area contributed by atoms with Gasteiger partial charge in [-0.3, -0.25) is 0 Å². The van der Waals surface area contributed by atoms with Crippen LogP contribution >= 0.6 is 0 Å². The maximum absolute atomic E-state index is 3.92. The molecule has 0 fully saturated rings. The van der Waals surface area contributed by atoms with E-state index in [1.165, 1.54) is 28.0 Å². The van der Waals surface area contributed by atoms with Crippen LogP contribution in [0.25, 0.3) is 0 Å². The van der Waals surface area contributed by atoms with Gasteiger partial charge in [0.1, 0.15) is 0 Å². The van der Waals surface area contributed by atoms with Crippen molar-refractivity contribution in [3.8, 4) is 0 Å². The van der Waals surface area contributed by atoms with Crippen molar-refractivity contribution in [3.63, 3.8) is 0 Å². The van der Waals surface area contributed by atoms with E-state index in [0.717, 1.165) is 18.5 Å². The van der Waals surface area contributed by atoms with Crippen LogP contribution in [0.4, 0.5) is 5.69 Å². The zero-order valence-corrected chi connectivity index (χ0v) is 13.8. The first-order valence-corrected chi connectivity index (χ1v) is 7.84. The fourth-order valence-corrected chi connectivity index (χ4v) is 2.65. The first-order valence-electron chi connectivity index (χ1n) is 7.84. The van der Waals surface area contributed by atoms with Gasteiger partial charge in [-0.15, -0.1) is 0 Å². The highest BCUT2D eigenvalue weighted by atomic mass is 14.9. The molecular weight excluding hydrogens is 266 g/mol. The highest BCUT2D eigenvalue weighted by Crippen LogP contribution is 2.31. The van der Waals surface area contributed by atoms with Crippen molar-refractivity contribution in [2.24, 2.45) is 0 Å². The summed E-state index contributed by atoms with van der Waals surface area (Å²) in [6, 6.07) is 10.4. The molecule has 1 N–H and O–H groups in total. The van der Waals surface area contributed by atoms with Crippen LogP contribution in [-0.2, 0) is 0 Å². The van der Waals surface area contributed by atoms with Crippen LogP contribution in [0.5, 0.6) is 0 Å². The summed E-state index contributed by atoms with van der Waals surface area (Å²) in [5.74, 6) is 0. The van der Waals surface area contributed by atoms with E-state index in [0.29, 0.717) is 0 Å². The predicted molar refractivity (Wildman–Crippen MR) is 97.8 cm³/mol. The minimum atomic E-state index is 1.06. The summed E-state index contributed by atoms with van der Waals surface area (Å²) in [7, 11) is 0. The van der Waals surface area contributed by atoms with Crippen molar-refractivity contribution in [3.05, 3.63) is 89.2 Å². The molecule has 22 heavy (non-hydrogen) atoms. The van der Waals surface area contributed by atoms with E-state index < -0.39 is 0 Å². The molecule has 1 aliphatic carbocycles. The van der Waals surface area contributed by atoms with Crippen LogP contribution in [0.2, 0.25) is 0 Å². The molecule has 1 aromatic rings. The molecule has 0 atom stereocenters. The van der Waals surface area contributed by atoms with Crippen molar-refractivity contribution < 1.29 is 0 Å². The Morgan fingerprint density at radius 3 is 2.55 bits per heavy atom. The lowest BCUT2D eigenvalue weighted by molar-refractivity contribution is 0.894.